The third-order valence-electron chi connectivity index (χ3n) is 2.58. The van der Waals surface area contributed by atoms with Crippen molar-refractivity contribution >= 4 is 5.69 Å². The average Bonchev–Trinajstić information content (AvgIpc) is 2.69. The minimum atomic E-state index is -0.423. The van der Waals surface area contributed by atoms with Gasteiger partial charge >= 0.3 is 5.69 Å². The van der Waals surface area contributed by atoms with Crippen LogP contribution in [0.3, 0.4) is 0 Å². The first-order valence-electron chi connectivity index (χ1n) is 4.76. The molecular weight excluding hydrogens is 198 g/mol. The van der Waals surface area contributed by atoms with Gasteiger partial charge in [0.15, 0.2) is 0 Å². The lowest BCUT2D eigenvalue weighted by Gasteiger charge is -2.12. The highest BCUT2D eigenvalue weighted by Crippen LogP contribution is 2.14. The Hall–Kier alpha value is -1.56. The van der Waals surface area contributed by atoms with Gasteiger partial charge in [0.1, 0.15) is 5.69 Å². The number of nitrogens with zero attached hydrogens (tertiary/aromatic N) is 2. The second kappa shape index (κ2) is 3.54. The van der Waals surface area contributed by atoms with Gasteiger partial charge in [0.2, 0.25) is 0 Å². The third kappa shape index (κ3) is 1.56. The van der Waals surface area contributed by atoms with E-state index in [1.807, 2.05) is 0 Å². The molecule has 1 fully saturated rings. The van der Waals surface area contributed by atoms with E-state index in [1.54, 1.807) is 7.05 Å². The van der Waals surface area contributed by atoms with Crippen molar-refractivity contribution in [2.24, 2.45) is 7.05 Å². The number of nitrogens with two attached hydrogens (primary N) is 1. The SMILES string of the molecule is Cn1cc(N)c(=O)n(C2CCOC2)c1=O. The highest BCUT2D eigenvalue weighted by molar-refractivity contribution is 5.31. The fourth-order valence-corrected chi connectivity index (χ4v) is 1.76. The molecule has 0 aliphatic carbocycles. The van der Waals surface area contributed by atoms with E-state index >= 15 is 0 Å². The van der Waals surface area contributed by atoms with Gasteiger partial charge in [-0.25, -0.2) is 4.79 Å². The van der Waals surface area contributed by atoms with E-state index in [0.717, 1.165) is 0 Å². The van der Waals surface area contributed by atoms with Crippen molar-refractivity contribution in [2.75, 3.05) is 18.9 Å². The number of rotatable bonds is 1. The summed E-state index contributed by atoms with van der Waals surface area (Å²) in [5, 5.41) is 0. The zero-order valence-corrected chi connectivity index (χ0v) is 8.47. The summed E-state index contributed by atoms with van der Waals surface area (Å²) in [5.74, 6) is 0. The van der Waals surface area contributed by atoms with Gasteiger partial charge in [0.05, 0.1) is 12.6 Å². The van der Waals surface area contributed by atoms with Gasteiger partial charge in [-0.2, -0.15) is 0 Å². The maximum Gasteiger partial charge on any atom is 0.331 e. The molecule has 0 aromatic carbocycles. The summed E-state index contributed by atoms with van der Waals surface area (Å²) in [7, 11) is 1.57. The molecule has 1 aliphatic rings. The van der Waals surface area contributed by atoms with Crippen LogP contribution in [-0.2, 0) is 11.8 Å². The van der Waals surface area contributed by atoms with Crippen molar-refractivity contribution in [3.05, 3.63) is 27.0 Å². The van der Waals surface area contributed by atoms with Crippen molar-refractivity contribution < 1.29 is 4.74 Å². The fraction of sp³-hybridized carbons (Fsp3) is 0.556. The smallest absolute Gasteiger partial charge is 0.331 e. The number of hydrogen-bond acceptors (Lipinski definition) is 4. The van der Waals surface area contributed by atoms with Crippen LogP contribution in [0.25, 0.3) is 0 Å². The minimum Gasteiger partial charge on any atom is -0.393 e. The number of hydrogen-bond donors (Lipinski definition) is 1. The molecule has 1 aromatic heterocycles. The molecule has 0 saturated carbocycles. The number of aryl methyl sites for hydroxylation is 1. The van der Waals surface area contributed by atoms with E-state index in [1.165, 1.54) is 15.3 Å². The van der Waals surface area contributed by atoms with Crippen LogP contribution in [0, 0.1) is 0 Å². The molecule has 6 heteroatoms. The molecule has 0 bridgehead atoms. The van der Waals surface area contributed by atoms with Gasteiger partial charge in [0.25, 0.3) is 5.56 Å². The van der Waals surface area contributed by atoms with Gasteiger partial charge < -0.3 is 15.0 Å². The summed E-state index contributed by atoms with van der Waals surface area (Å²) in [5.41, 5.74) is 4.85. The van der Waals surface area contributed by atoms with Crippen LogP contribution in [0.1, 0.15) is 12.5 Å². The summed E-state index contributed by atoms with van der Waals surface area (Å²) in [4.78, 5) is 23.4. The zero-order valence-electron chi connectivity index (χ0n) is 8.47. The van der Waals surface area contributed by atoms with Crippen LogP contribution in [0.4, 0.5) is 5.69 Å². The normalized spacial score (nSPS) is 20.7. The topological polar surface area (TPSA) is 79.2 Å². The molecule has 6 nitrogen and oxygen atoms in total. The first-order valence-corrected chi connectivity index (χ1v) is 4.76. The fourth-order valence-electron chi connectivity index (χ4n) is 1.76. The Morgan fingerprint density at radius 2 is 2.27 bits per heavy atom. The Labute approximate surface area is 85.9 Å². The number of aromatic nitrogens is 2. The summed E-state index contributed by atoms with van der Waals surface area (Å²) in [6.07, 6.45) is 2.02. The van der Waals surface area contributed by atoms with Gasteiger partial charge in [0, 0.05) is 19.9 Å². The van der Waals surface area contributed by atoms with Crippen molar-refractivity contribution in [1.82, 2.24) is 9.13 Å². The molecule has 1 unspecified atom stereocenters. The summed E-state index contributed by atoms with van der Waals surface area (Å²) >= 11 is 0. The van der Waals surface area contributed by atoms with Crippen molar-refractivity contribution in [3.63, 3.8) is 0 Å². The average molecular weight is 211 g/mol. The molecule has 0 radical (unpaired) electrons. The monoisotopic (exact) mass is 211 g/mol. The highest BCUT2D eigenvalue weighted by Gasteiger charge is 2.22. The van der Waals surface area contributed by atoms with Crippen LogP contribution in [0.15, 0.2) is 15.8 Å². The largest absolute Gasteiger partial charge is 0.393 e. The Kier molecular flexibility index (Phi) is 2.36. The van der Waals surface area contributed by atoms with Crippen molar-refractivity contribution in [1.29, 1.82) is 0 Å². The van der Waals surface area contributed by atoms with Crippen LogP contribution in [-0.4, -0.2) is 22.3 Å². The van der Waals surface area contributed by atoms with E-state index in [-0.39, 0.29) is 17.4 Å². The van der Waals surface area contributed by atoms with Gasteiger partial charge in [-0.15, -0.1) is 0 Å². The first-order chi connectivity index (χ1) is 7.11. The molecule has 2 heterocycles. The van der Waals surface area contributed by atoms with E-state index in [0.29, 0.717) is 19.6 Å². The van der Waals surface area contributed by atoms with Gasteiger partial charge in [-0.1, -0.05) is 0 Å². The Morgan fingerprint density at radius 1 is 1.53 bits per heavy atom. The maximum atomic E-state index is 11.7. The number of nitrogen functional groups attached to an aromatic ring is 1. The van der Waals surface area contributed by atoms with Crippen molar-refractivity contribution in [2.45, 2.75) is 12.5 Å². The Bertz CT molecular complexity index is 448. The quantitative estimate of drug-likeness (QED) is 0.652. The summed E-state index contributed by atoms with van der Waals surface area (Å²) < 4.78 is 7.65. The Morgan fingerprint density at radius 3 is 2.87 bits per heavy atom. The second-order valence-corrected chi connectivity index (χ2v) is 3.67. The van der Waals surface area contributed by atoms with Gasteiger partial charge in [-0.3, -0.25) is 9.36 Å². The second-order valence-electron chi connectivity index (χ2n) is 3.67. The maximum absolute atomic E-state index is 11.7. The standard InChI is InChI=1S/C9H13N3O3/c1-11-4-7(10)8(13)12(9(11)14)6-2-3-15-5-6/h4,6H,2-3,5,10H2,1H3. The van der Waals surface area contributed by atoms with E-state index < -0.39 is 5.56 Å². The molecule has 1 atom stereocenters. The molecule has 2 N–H and O–H groups in total. The molecule has 15 heavy (non-hydrogen) atoms. The lowest BCUT2D eigenvalue weighted by molar-refractivity contribution is 0.185. The highest BCUT2D eigenvalue weighted by atomic mass is 16.5. The Balaban J connectivity index is 2.63. The van der Waals surface area contributed by atoms with Crippen LogP contribution < -0.4 is 17.0 Å². The van der Waals surface area contributed by atoms with E-state index in [9.17, 15) is 9.59 Å². The van der Waals surface area contributed by atoms with Crippen LogP contribution in [0.5, 0.6) is 0 Å². The molecule has 1 saturated heterocycles. The zero-order chi connectivity index (χ0) is 11.0. The van der Waals surface area contributed by atoms with E-state index in [4.69, 9.17) is 10.5 Å². The summed E-state index contributed by atoms with van der Waals surface area (Å²) in [6.45, 7) is 0.980. The summed E-state index contributed by atoms with van der Waals surface area (Å²) in [6, 6.07) is -0.181. The van der Waals surface area contributed by atoms with Crippen molar-refractivity contribution in [3.8, 4) is 0 Å². The van der Waals surface area contributed by atoms with Gasteiger partial charge in [-0.05, 0) is 6.42 Å². The molecule has 1 aromatic rings. The number of ether oxygens (including phenoxy) is 1. The van der Waals surface area contributed by atoms with E-state index in [2.05, 4.69) is 0 Å². The lowest BCUT2D eigenvalue weighted by Crippen LogP contribution is -2.42. The van der Waals surface area contributed by atoms with Crippen LogP contribution >= 0.6 is 0 Å². The molecular formula is C9H13N3O3. The predicted octanol–water partition coefficient (Wildman–Crippen LogP) is -0.909. The van der Waals surface area contributed by atoms with Crippen LogP contribution in [0.2, 0.25) is 0 Å². The minimum absolute atomic E-state index is 0.0870. The predicted molar refractivity (Wildman–Crippen MR) is 54.8 cm³/mol. The first kappa shape index (κ1) is 9.97. The molecule has 0 spiro atoms. The number of anilines is 1. The molecule has 0 amide bonds. The molecule has 2 rings (SSSR count). The third-order valence-corrected chi connectivity index (χ3v) is 2.58. The molecule has 1 aliphatic heterocycles. The lowest BCUT2D eigenvalue weighted by atomic mass is 10.2. The molecule has 82 valence electrons.